The number of benzene rings is 1. The summed E-state index contributed by atoms with van der Waals surface area (Å²) in [5, 5.41) is 0.197. The minimum atomic E-state index is -0.518. The second kappa shape index (κ2) is 5.01. The maximum absolute atomic E-state index is 11.5. The third kappa shape index (κ3) is 2.47. The van der Waals surface area contributed by atoms with Crippen LogP contribution in [0.3, 0.4) is 0 Å². The van der Waals surface area contributed by atoms with Crippen LogP contribution in [0.25, 0.3) is 11.4 Å². The van der Waals surface area contributed by atoms with E-state index in [1.807, 2.05) is 30.3 Å². The quantitative estimate of drug-likeness (QED) is 0.852. The lowest BCUT2D eigenvalue weighted by atomic mass is 10.2. The van der Waals surface area contributed by atoms with Gasteiger partial charge in [-0.25, -0.2) is 9.78 Å². The number of carbonyl (C=O) groups excluding carboxylic acids is 1. The Hall–Kier alpha value is -1.81. The third-order valence-corrected chi connectivity index (χ3v) is 2.45. The molecule has 0 saturated heterocycles. The van der Waals surface area contributed by atoms with Crippen molar-refractivity contribution in [1.29, 1.82) is 0 Å². The number of nitrogens with one attached hydrogen (secondary N) is 1. The first kappa shape index (κ1) is 11.7. The average molecular weight is 251 g/mol. The highest BCUT2D eigenvalue weighted by molar-refractivity contribution is 6.32. The summed E-state index contributed by atoms with van der Waals surface area (Å²) in [5.74, 6) is 0.0367. The predicted molar refractivity (Wildman–Crippen MR) is 65.0 cm³/mol. The predicted octanol–water partition coefficient (Wildman–Crippen LogP) is 2.91. The number of hydrogen-bond acceptors (Lipinski definition) is 3. The fourth-order valence-corrected chi connectivity index (χ4v) is 1.63. The molecule has 1 N–H and O–H groups in total. The smallest absolute Gasteiger partial charge is 0.360 e. The van der Waals surface area contributed by atoms with Crippen molar-refractivity contribution in [2.24, 2.45) is 0 Å². The van der Waals surface area contributed by atoms with Gasteiger partial charge in [-0.3, -0.25) is 0 Å². The molecule has 2 rings (SSSR count). The Morgan fingerprint density at radius 3 is 2.76 bits per heavy atom. The molecule has 0 amide bonds. The van der Waals surface area contributed by atoms with Gasteiger partial charge in [0, 0.05) is 5.56 Å². The Bertz CT molecular complexity index is 523. The molecule has 17 heavy (non-hydrogen) atoms. The maximum atomic E-state index is 11.5. The van der Waals surface area contributed by atoms with E-state index in [0.717, 1.165) is 5.56 Å². The van der Waals surface area contributed by atoms with Gasteiger partial charge < -0.3 is 9.72 Å². The summed E-state index contributed by atoms with van der Waals surface area (Å²) in [4.78, 5) is 18.5. The molecule has 1 heterocycles. The normalized spacial score (nSPS) is 10.2. The highest BCUT2D eigenvalue weighted by atomic mass is 35.5. The topological polar surface area (TPSA) is 55.0 Å². The molecule has 0 aliphatic rings. The van der Waals surface area contributed by atoms with E-state index in [4.69, 9.17) is 16.3 Å². The molecule has 0 unspecified atom stereocenters. The van der Waals surface area contributed by atoms with Gasteiger partial charge in [0.2, 0.25) is 0 Å². The molecule has 0 aliphatic heterocycles. The number of aromatic amines is 1. The van der Waals surface area contributed by atoms with Gasteiger partial charge in [-0.1, -0.05) is 41.9 Å². The zero-order valence-electron chi connectivity index (χ0n) is 9.24. The molecule has 0 bridgehead atoms. The van der Waals surface area contributed by atoms with Gasteiger partial charge in [0.15, 0.2) is 5.69 Å². The van der Waals surface area contributed by atoms with E-state index < -0.39 is 5.97 Å². The van der Waals surface area contributed by atoms with Crippen molar-refractivity contribution in [1.82, 2.24) is 9.97 Å². The number of H-pyrrole nitrogens is 1. The molecule has 0 saturated carbocycles. The van der Waals surface area contributed by atoms with Crippen LogP contribution in [0.15, 0.2) is 30.3 Å². The van der Waals surface area contributed by atoms with E-state index in [0.29, 0.717) is 12.4 Å². The van der Waals surface area contributed by atoms with E-state index in [2.05, 4.69) is 9.97 Å². The highest BCUT2D eigenvalue weighted by Gasteiger charge is 2.17. The fourth-order valence-electron chi connectivity index (χ4n) is 1.42. The number of rotatable bonds is 3. The van der Waals surface area contributed by atoms with E-state index in [1.54, 1.807) is 6.92 Å². The number of halogens is 1. The Balaban J connectivity index is 2.34. The van der Waals surface area contributed by atoms with Crippen LogP contribution >= 0.6 is 11.6 Å². The van der Waals surface area contributed by atoms with Crippen LogP contribution < -0.4 is 0 Å². The minimum Gasteiger partial charge on any atom is -0.461 e. The van der Waals surface area contributed by atoms with Crippen molar-refractivity contribution in [2.75, 3.05) is 6.61 Å². The van der Waals surface area contributed by atoms with Crippen molar-refractivity contribution >= 4 is 17.6 Å². The van der Waals surface area contributed by atoms with E-state index in [9.17, 15) is 4.79 Å². The number of hydrogen-bond donors (Lipinski definition) is 1. The number of aromatic nitrogens is 2. The first-order chi connectivity index (χ1) is 8.22. The summed E-state index contributed by atoms with van der Waals surface area (Å²) in [6, 6.07) is 9.43. The van der Waals surface area contributed by atoms with Crippen molar-refractivity contribution < 1.29 is 9.53 Å². The zero-order valence-corrected chi connectivity index (χ0v) is 9.99. The van der Waals surface area contributed by atoms with Gasteiger partial charge >= 0.3 is 5.97 Å². The van der Waals surface area contributed by atoms with Gasteiger partial charge in [0.05, 0.1) is 6.61 Å². The molecule has 1 aromatic heterocycles. The Morgan fingerprint density at radius 1 is 1.41 bits per heavy atom. The molecule has 5 heteroatoms. The molecule has 0 spiro atoms. The van der Waals surface area contributed by atoms with Gasteiger partial charge in [-0.2, -0.15) is 0 Å². The summed E-state index contributed by atoms with van der Waals surface area (Å²) in [5.41, 5.74) is 0.984. The highest BCUT2D eigenvalue weighted by Crippen LogP contribution is 2.21. The van der Waals surface area contributed by atoms with Gasteiger partial charge in [-0.15, -0.1) is 0 Å². The molecule has 1 aromatic carbocycles. The molecular formula is C12H11ClN2O2. The Morgan fingerprint density at radius 2 is 2.12 bits per heavy atom. The summed E-state index contributed by atoms with van der Waals surface area (Å²) in [6.07, 6.45) is 0. The second-order valence-corrected chi connectivity index (χ2v) is 3.71. The van der Waals surface area contributed by atoms with Gasteiger partial charge in [0.1, 0.15) is 11.0 Å². The van der Waals surface area contributed by atoms with E-state index >= 15 is 0 Å². The number of nitrogens with zero attached hydrogens (tertiary/aromatic N) is 1. The molecule has 2 aromatic rings. The summed E-state index contributed by atoms with van der Waals surface area (Å²) in [6.45, 7) is 2.03. The van der Waals surface area contributed by atoms with E-state index in [1.165, 1.54) is 0 Å². The summed E-state index contributed by atoms with van der Waals surface area (Å²) in [7, 11) is 0. The molecule has 0 radical (unpaired) electrons. The average Bonchev–Trinajstić information content (AvgIpc) is 2.73. The standard InChI is InChI=1S/C12H11ClN2O2/c1-2-17-12(16)9-10(13)15-11(14-9)8-6-4-3-5-7-8/h3-7H,2H2,1H3,(H,14,15). The lowest BCUT2D eigenvalue weighted by molar-refractivity contribution is 0.0520. The van der Waals surface area contributed by atoms with Crippen LogP contribution in [-0.2, 0) is 4.74 Å². The third-order valence-electron chi connectivity index (χ3n) is 2.18. The molecule has 0 atom stereocenters. The second-order valence-electron chi connectivity index (χ2n) is 3.33. The van der Waals surface area contributed by atoms with Crippen LogP contribution in [0.4, 0.5) is 0 Å². The van der Waals surface area contributed by atoms with Gasteiger partial charge in [-0.05, 0) is 6.92 Å². The number of imidazole rings is 1. The molecule has 0 fully saturated rings. The number of ether oxygens (including phenoxy) is 1. The maximum Gasteiger partial charge on any atom is 0.360 e. The number of esters is 1. The minimum absolute atomic E-state index is 0.118. The number of carbonyl (C=O) groups is 1. The molecule has 88 valence electrons. The summed E-state index contributed by atoms with van der Waals surface area (Å²) < 4.78 is 4.85. The molecule has 4 nitrogen and oxygen atoms in total. The largest absolute Gasteiger partial charge is 0.461 e. The van der Waals surface area contributed by atoms with Crippen LogP contribution in [0.5, 0.6) is 0 Å². The molecule has 0 aliphatic carbocycles. The molecular weight excluding hydrogens is 240 g/mol. The fraction of sp³-hybridized carbons (Fsp3) is 0.167. The van der Waals surface area contributed by atoms with Crippen molar-refractivity contribution in [3.8, 4) is 11.4 Å². The summed E-state index contributed by atoms with van der Waals surface area (Å²) >= 11 is 5.91. The monoisotopic (exact) mass is 250 g/mol. The van der Waals surface area contributed by atoms with Crippen LogP contribution in [0.1, 0.15) is 17.4 Å². The van der Waals surface area contributed by atoms with Crippen molar-refractivity contribution in [2.45, 2.75) is 6.92 Å². The van der Waals surface area contributed by atoms with Crippen LogP contribution in [0.2, 0.25) is 5.15 Å². The van der Waals surface area contributed by atoms with E-state index in [-0.39, 0.29) is 10.8 Å². The van der Waals surface area contributed by atoms with Crippen molar-refractivity contribution in [3.63, 3.8) is 0 Å². The first-order valence-electron chi connectivity index (χ1n) is 5.20. The Kier molecular flexibility index (Phi) is 3.44. The lowest BCUT2D eigenvalue weighted by Gasteiger charge is -1.97. The van der Waals surface area contributed by atoms with Gasteiger partial charge in [0.25, 0.3) is 0 Å². The van der Waals surface area contributed by atoms with Crippen LogP contribution in [0, 0.1) is 0 Å². The van der Waals surface area contributed by atoms with Crippen LogP contribution in [-0.4, -0.2) is 22.5 Å². The Labute approximate surface area is 104 Å². The van der Waals surface area contributed by atoms with Crippen molar-refractivity contribution in [3.05, 3.63) is 41.2 Å². The zero-order chi connectivity index (χ0) is 12.3. The first-order valence-corrected chi connectivity index (χ1v) is 5.58. The SMILES string of the molecule is CCOC(=O)c1nc(-c2ccccc2)[nH]c1Cl. The lowest BCUT2D eigenvalue weighted by Crippen LogP contribution is -2.05.